The van der Waals surface area contributed by atoms with E-state index in [0.717, 1.165) is 5.56 Å². The van der Waals surface area contributed by atoms with Gasteiger partial charge in [0.15, 0.2) is 17.3 Å². The Morgan fingerprint density at radius 2 is 1.72 bits per heavy atom. The molecule has 7 heteroatoms. The van der Waals surface area contributed by atoms with E-state index in [9.17, 15) is 9.59 Å². The maximum absolute atomic E-state index is 12.0. The molecule has 0 aliphatic carbocycles. The van der Waals surface area contributed by atoms with Gasteiger partial charge in [-0.05, 0) is 42.0 Å². The Morgan fingerprint density at radius 1 is 0.966 bits per heavy atom. The highest BCUT2D eigenvalue weighted by Crippen LogP contribution is 2.25. The maximum Gasteiger partial charge on any atom is 0.291 e. The molecule has 0 saturated carbocycles. The number of rotatable bonds is 9. The van der Waals surface area contributed by atoms with Crippen LogP contribution in [0.3, 0.4) is 0 Å². The van der Waals surface area contributed by atoms with Crippen LogP contribution in [0.4, 0.5) is 5.69 Å². The SMILES string of the molecule is COc1ccccc1OCCC(=O)NCc1ccc(NC(=O)c2ccco2)cc1. The lowest BCUT2D eigenvalue weighted by atomic mass is 10.2. The minimum Gasteiger partial charge on any atom is -0.493 e. The highest BCUT2D eigenvalue weighted by molar-refractivity contribution is 6.02. The summed E-state index contributed by atoms with van der Waals surface area (Å²) in [5.41, 5.74) is 1.56. The van der Waals surface area contributed by atoms with Crippen molar-refractivity contribution >= 4 is 17.5 Å². The topological polar surface area (TPSA) is 89.8 Å². The van der Waals surface area contributed by atoms with Crippen LogP contribution < -0.4 is 20.1 Å². The third-order valence-electron chi connectivity index (χ3n) is 4.10. The van der Waals surface area contributed by atoms with Crippen LogP contribution in [0.5, 0.6) is 11.5 Å². The van der Waals surface area contributed by atoms with Gasteiger partial charge in [-0.3, -0.25) is 9.59 Å². The average molecular weight is 394 g/mol. The van der Waals surface area contributed by atoms with E-state index in [2.05, 4.69) is 10.6 Å². The number of carbonyl (C=O) groups is 2. The number of amides is 2. The second kappa shape index (κ2) is 9.98. The van der Waals surface area contributed by atoms with E-state index < -0.39 is 0 Å². The normalized spacial score (nSPS) is 10.2. The fraction of sp³-hybridized carbons (Fsp3) is 0.182. The molecular formula is C22H22N2O5. The van der Waals surface area contributed by atoms with Gasteiger partial charge in [0.2, 0.25) is 5.91 Å². The lowest BCUT2D eigenvalue weighted by molar-refractivity contribution is -0.121. The number of anilines is 1. The Hall–Kier alpha value is -3.74. The van der Waals surface area contributed by atoms with Crippen molar-refractivity contribution in [3.63, 3.8) is 0 Å². The molecule has 1 heterocycles. The molecule has 3 aromatic rings. The molecule has 0 atom stereocenters. The average Bonchev–Trinajstić information content (AvgIpc) is 3.29. The van der Waals surface area contributed by atoms with E-state index in [1.165, 1.54) is 6.26 Å². The first-order chi connectivity index (χ1) is 14.2. The van der Waals surface area contributed by atoms with E-state index >= 15 is 0 Å². The van der Waals surface area contributed by atoms with Gasteiger partial charge >= 0.3 is 0 Å². The minimum atomic E-state index is -0.314. The number of hydrogen-bond donors (Lipinski definition) is 2. The highest BCUT2D eigenvalue weighted by Gasteiger charge is 2.09. The molecule has 0 radical (unpaired) electrons. The molecule has 2 amide bonds. The van der Waals surface area contributed by atoms with E-state index in [0.29, 0.717) is 23.7 Å². The molecule has 0 unspecified atom stereocenters. The van der Waals surface area contributed by atoms with Crippen LogP contribution in [-0.2, 0) is 11.3 Å². The molecule has 7 nitrogen and oxygen atoms in total. The van der Waals surface area contributed by atoms with Crippen molar-refractivity contribution in [3.05, 3.63) is 78.3 Å². The van der Waals surface area contributed by atoms with Crippen LogP contribution in [0.1, 0.15) is 22.5 Å². The fourth-order valence-corrected chi connectivity index (χ4v) is 2.59. The summed E-state index contributed by atoms with van der Waals surface area (Å²) in [6, 6.07) is 17.8. The standard InChI is InChI=1S/C22H22N2O5/c1-27-18-5-2-3-6-19(18)29-14-12-21(25)23-15-16-8-10-17(11-9-16)24-22(26)20-7-4-13-28-20/h2-11,13H,12,14-15H2,1H3,(H,23,25)(H,24,26). The van der Waals surface area contributed by atoms with E-state index in [4.69, 9.17) is 13.9 Å². The molecule has 150 valence electrons. The van der Waals surface area contributed by atoms with Gasteiger partial charge in [-0.25, -0.2) is 0 Å². The Bertz CT molecular complexity index is 936. The molecule has 0 bridgehead atoms. The first-order valence-corrected chi connectivity index (χ1v) is 9.12. The van der Waals surface area contributed by atoms with E-state index in [1.807, 2.05) is 24.3 Å². The number of hydrogen-bond acceptors (Lipinski definition) is 5. The van der Waals surface area contributed by atoms with Gasteiger partial charge in [-0.2, -0.15) is 0 Å². The zero-order valence-electron chi connectivity index (χ0n) is 16.0. The molecule has 0 aliphatic heterocycles. The van der Waals surface area contributed by atoms with Gasteiger partial charge in [0.05, 0.1) is 26.4 Å². The number of methoxy groups -OCH3 is 1. The van der Waals surface area contributed by atoms with Crippen molar-refractivity contribution < 1.29 is 23.5 Å². The Kier molecular flexibility index (Phi) is 6.89. The van der Waals surface area contributed by atoms with Crippen LogP contribution in [0.2, 0.25) is 0 Å². The van der Waals surface area contributed by atoms with Crippen LogP contribution in [0.15, 0.2) is 71.3 Å². The van der Waals surface area contributed by atoms with Gasteiger partial charge in [0.25, 0.3) is 5.91 Å². The lowest BCUT2D eigenvalue weighted by Crippen LogP contribution is -2.24. The van der Waals surface area contributed by atoms with E-state index in [1.54, 1.807) is 43.5 Å². The van der Waals surface area contributed by atoms with Crippen molar-refractivity contribution in [1.29, 1.82) is 0 Å². The van der Waals surface area contributed by atoms with Crippen LogP contribution in [0.25, 0.3) is 0 Å². The quantitative estimate of drug-likeness (QED) is 0.579. The molecule has 3 rings (SSSR count). The molecule has 0 saturated heterocycles. The summed E-state index contributed by atoms with van der Waals surface area (Å²) in [5, 5.41) is 5.59. The van der Waals surface area contributed by atoms with Crippen molar-refractivity contribution in [2.24, 2.45) is 0 Å². The molecule has 0 fully saturated rings. The number of ether oxygens (including phenoxy) is 2. The summed E-state index contributed by atoms with van der Waals surface area (Å²) in [5.74, 6) is 1.06. The van der Waals surface area contributed by atoms with Gasteiger partial charge in [0.1, 0.15) is 0 Å². The summed E-state index contributed by atoms with van der Waals surface area (Å²) >= 11 is 0. The van der Waals surface area contributed by atoms with Gasteiger partial charge < -0.3 is 24.5 Å². The number of para-hydroxylation sites is 2. The maximum atomic E-state index is 12.0. The predicted molar refractivity (Wildman–Crippen MR) is 108 cm³/mol. The second-order valence-corrected chi connectivity index (χ2v) is 6.15. The molecule has 2 aromatic carbocycles. The van der Waals surface area contributed by atoms with Crippen LogP contribution in [-0.4, -0.2) is 25.5 Å². The first kappa shape index (κ1) is 20.0. The second-order valence-electron chi connectivity index (χ2n) is 6.15. The van der Waals surface area contributed by atoms with Crippen molar-refractivity contribution in [2.45, 2.75) is 13.0 Å². The highest BCUT2D eigenvalue weighted by atomic mass is 16.5. The third kappa shape index (κ3) is 5.87. The van der Waals surface area contributed by atoms with E-state index in [-0.39, 0.29) is 30.6 Å². The van der Waals surface area contributed by atoms with Crippen molar-refractivity contribution in [3.8, 4) is 11.5 Å². The zero-order chi connectivity index (χ0) is 20.5. The molecular weight excluding hydrogens is 372 g/mol. The molecule has 1 aromatic heterocycles. The monoisotopic (exact) mass is 394 g/mol. The summed E-state index contributed by atoms with van der Waals surface area (Å²) in [6.45, 7) is 0.643. The number of carbonyl (C=O) groups excluding carboxylic acids is 2. The molecule has 2 N–H and O–H groups in total. The zero-order valence-corrected chi connectivity index (χ0v) is 16.0. The summed E-state index contributed by atoms with van der Waals surface area (Å²) in [6.07, 6.45) is 1.68. The largest absolute Gasteiger partial charge is 0.493 e. The molecule has 29 heavy (non-hydrogen) atoms. The van der Waals surface area contributed by atoms with Gasteiger partial charge in [-0.15, -0.1) is 0 Å². The number of nitrogens with one attached hydrogen (secondary N) is 2. The summed E-state index contributed by atoms with van der Waals surface area (Å²) < 4.78 is 15.9. The Balaban J connectivity index is 1.40. The van der Waals surface area contributed by atoms with Gasteiger partial charge in [-0.1, -0.05) is 24.3 Å². The minimum absolute atomic E-state index is 0.116. The van der Waals surface area contributed by atoms with Crippen molar-refractivity contribution in [2.75, 3.05) is 19.0 Å². The first-order valence-electron chi connectivity index (χ1n) is 9.12. The Labute approximate surface area is 168 Å². The van der Waals surface area contributed by atoms with Crippen LogP contribution >= 0.6 is 0 Å². The smallest absolute Gasteiger partial charge is 0.291 e. The third-order valence-corrected chi connectivity index (χ3v) is 4.10. The summed E-state index contributed by atoms with van der Waals surface area (Å²) in [7, 11) is 1.57. The fourth-order valence-electron chi connectivity index (χ4n) is 2.59. The van der Waals surface area contributed by atoms with Crippen molar-refractivity contribution in [1.82, 2.24) is 5.32 Å². The number of benzene rings is 2. The van der Waals surface area contributed by atoms with Gasteiger partial charge in [0, 0.05) is 12.2 Å². The predicted octanol–water partition coefficient (Wildman–Crippen LogP) is 3.63. The summed E-state index contributed by atoms with van der Waals surface area (Å²) in [4.78, 5) is 24.0. The molecule has 0 aliphatic rings. The lowest BCUT2D eigenvalue weighted by Gasteiger charge is -2.10. The van der Waals surface area contributed by atoms with Crippen LogP contribution in [0, 0.1) is 0 Å². The Morgan fingerprint density at radius 3 is 2.41 bits per heavy atom. The number of furan rings is 1. The molecule has 0 spiro atoms.